The number of amides is 1. The Kier molecular flexibility index (Phi) is 5.96. The van der Waals surface area contributed by atoms with E-state index in [1.165, 1.54) is 0 Å². The highest BCUT2D eigenvalue weighted by Crippen LogP contribution is 2.27. The van der Waals surface area contributed by atoms with Gasteiger partial charge < -0.3 is 14.8 Å². The van der Waals surface area contributed by atoms with Crippen LogP contribution in [0.2, 0.25) is 0 Å². The summed E-state index contributed by atoms with van der Waals surface area (Å²) in [7, 11) is 0. The lowest BCUT2D eigenvalue weighted by Gasteiger charge is -2.28. The molecule has 0 aromatic heterocycles. The van der Waals surface area contributed by atoms with Gasteiger partial charge >= 0.3 is 0 Å². The average Bonchev–Trinajstić information content (AvgIpc) is 3.28. The number of carbonyl (C=O) groups is 1. The molecule has 1 atom stereocenters. The van der Waals surface area contributed by atoms with Crippen molar-refractivity contribution in [3.05, 3.63) is 113 Å². The maximum Gasteiger partial charge on any atom is 0.259 e. The van der Waals surface area contributed by atoms with Gasteiger partial charge in [-0.05, 0) is 34.4 Å². The fraction of sp³-hybridized carbons (Fsp3) is 0.154. The van der Waals surface area contributed by atoms with E-state index in [4.69, 9.17) is 4.84 Å². The van der Waals surface area contributed by atoms with Crippen LogP contribution in [0.25, 0.3) is 6.08 Å². The van der Waals surface area contributed by atoms with Crippen LogP contribution in [-0.2, 0) is 11.4 Å². The minimum Gasteiger partial charge on any atom is -0.392 e. The van der Waals surface area contributed by atoms with Crippen molar-refractivity contribution in [2.24, 2.45) is 5.16 Å². The lowest BCUT2D eigenvalue weighted by atomic mass is 9.99. The standard InChI is InChI=1S/C26H24N2O3/c1-3-19-13-14-20-7-5-6-8-23(20)26(30)28(25(19)4-2)16-22-15-24(27-31-22)21-11-9-18(17-29)10-12-21/h3-14,22,29H,1-2,15-17H2/b14-13-,25-19-. The van der Waals surface area contributed by atoms with Crippen molar-refractivity contribution >= 4 is 17.7 Å². The summed E-state index contributed by atoms with van der Waals surface area (Å²) >= 11 is 0. The lowest BCUT2D eigenvalue weighted by Crippen LogP contribution is -2.37. The Morgan fingerprint density at radius 3 is 2.58 bits per heavy atom. The molecule has 0 spiro atoms. The number of aliphatic hydroxyl groups excluding tert-OH is 1. The Balaban J connectivity index is 1.60. The summed E-state index contributed by atoms with van der Waals surface area (Å²) < 4.78 is 0. The van der Waals surface area contributed by atoms with Crippen LogP contribution >= 0.6 is 0 Å². The van der Waals surface area contributed by atoms with Crippen LogP contribution < -0.4 is 0 Å². The van der Waals surface area contributed by atoms with Crippen LogP contribution in [0.5, 0.6) is 0 Å². The molecule has 5 nitrogen and oxygen atoms in total. The van der Waals surface area contributed by atoms with E-state index in [2.05, 4.69) is 18.3 Å². The van der Waals surface area contributed by atoms with Gasteiger partial charge in [-0.15, -0.1) is 0 Å². The zero-order chi connectivity index (χ0) is 21.8. The predicted molar refractivity (Wildman–Crippen MR) is 122 cm³/mol. The van der Waals surface area contributed by atoms with Gasteiger partial charge in [0.25, 0.3) is 5.91 Å². The molecule has 0 radical (unpaired) electrons. The van der Waals surface area contributed by atoms with Crippen LogP contribution in [0.15, 0.2) is 96.3 Å². The first kappa shape index (κ1) is 20.6. The van der Waals surface area contributed by atoms with Crippen LogP contribution in [0.1, 0.15) is 33.5 Å². The number of carbonyl (C=O) groups excluding carboxylic acids is 1. The van der Waals surface area contributed by atoms with Crippen molar-refractivity contribution in [3.8, 4) is 0 Å². The summed E-state index contributed by atoms with van der Waals surface area (Å²) in [5.74, 6) is -0.112. The number of aliphatic hydroxyl groups is 1. The average molecular weight is 412 g/mol. The molecule has 31 heavy (non-hydrogen) atoms. The first-order valence-corrected chi connectivity index (χ1v) is 10.2. The normalized spacial score (nSPS) is 21.5. The molecule has 5 heteroatoms. The van der Waals surface area contributed by atoms with Gasteiger partial charge in [0.05, 0.1) is 24.6 Å². The molecule has 2 aromatic carbocycles. The highest BCUT2D eigenvalue weighted by Gasteiger charge is 2.30. The summed E-state index contributed by atoms with van der Waals surface area (Å²) in [5, 5.41) is 13.5. The topological polar surface area (TPSA) is 62.1 Å². The molecule has 2 aromatic rings. The van der Waals surface area contributed by atoms with E-state index in [1.807, 2.05) is 60.7 Å². The van der Waals surface area contributed by atoms with Crippen molar-refractivity contribution in [1.29, 1.82) is 0 Å². The monoisotopic (exact) mass is 412 g/mol. The third-order valence-electron chi connectivity index (χ3n) is 5.47. The maximum atomic E-state index is 13.5. The molecule has 0 saturated heterocycles. The van der Waals surface area contributed by atoms with Crippen LogP contribution in [0, 0.1) is 0 Å². The molecule has 156 valence electrons. The number of hydrogen-bond acceptors (Lipinski definition) is 4. The smallest absolute Gasteiger partial charge is 0.259 e. The molecular weight excluding hydrogens is 388 g/mol. The molecule has 0 aliphatic carbocycles. The first-order valence-electron chi connectivity index (χ1n) is 10.2. The Morgan fingerprint density at radius 1 is 1.10 bits per heavy atom. The predicted octanol–water partition coefficient (Wildman–Crippen LogP) is 4.47. The highest BCUT2D eigenvalue weighted by atomic mass is 16.6. The summed E-state index contributed by atoms with van der Waals surface area (Å²) in [5.41, 5.74) is 5.59. The van der Waals surface area contributed by atoms with Crippen LogP contribution in [0.3, 0.4) is 0 Å². The zero-order valence-corrected chi connectivity index (χ0v) is 17.2. The van der Waals surface area contributed by atoms with E-state index < -0.39 is 0 Å². The van der Waals surface area contributed by atoms with Gasteiger partial charge in [-0.3, -0.25) is 4.79 Å². The van der Waals surface area contributed by atoms with E-state index in [0.717, 1.165) is 28.0 Å². The van der Waals surface area contributed by atoms with E-state index in [9.17, 15) is 9.90 Å². The Bertz CT molecular complexity index is 1110. The molecule has 1 N–H and O–H groups in total. The molecule has 2 aliphatic heterocycles. The molecule has 4 rings (SSSR count). The number of fused-ring (bicyclic) bond motifs is 1. The molecule has 2 heterocycles. The largest absolute Gasteiger partial charge is 0.392 e. The summed E-state index contributed by atoms with van der Waals surface area (Å²) in [6, 6.07) is 15.1. The third kappa shape index (κ3) is 4.13. The van der Waals surface area contributed by atoms with E-state index >= 15 is 0 Å². The fourth-order valence-corrected chi connectivity index (χ4v) is 3.80. The Labute approximate surface area is 182 Å². The second kappa shape index (κ2) is 8.98. The van der Waals surface area contributed by atoms with Crippen LogP contribution in [-0.4, -0.2) is 34.3 Å². The fourth-order valence-electron chi connectivity index (χ4n) is 3.80. The second-order valence-electron chi connectivity index (χ2n) is 7.41. The van der Waals surface area contributed by atoms with Gasteiger partial charge in [-0.25, -0.2) is 0 Å². The van der Waals surface area contributed by atoms with Crippen molar-refractivity contribution in [1.82, 2.24) is 4.90 Å². The van der Waals surface area contributed by atoms with Gasteiger partial charge in [-0.2, -0.15) is 0 Å². The van der Waals surface area contributed by atoms with Crippen LogP contribution in [0.4, 0.5) is 0 Å². The van der Waals surface area contributed by atoms with E-state index in [1.54, 1.807) is 17.1 Å². The first-order chi connectivity index (χ1) is 15.1. The number of hydrogen-bond donors (Lipinski definition) is 1. The van der Waals surface area contributed by atoms with Crippen molar-refractivity contribution in [2.75, 3.05) is 6.54 Å². The molecular formula is C26H24N2O3. The Hall–Kier alpha value is -3.70. The SMILES string of the molecule is C=CC1=C(\C=C)N(CC2CC(c3ccc(CO)cc3)=NO2)C(=O)c2ccccc2/C=C\1. The van der Waals surface area contributed by atoms with E-state index in [0.29, 0.717) is 24.2 Å². The molecule has 2 aliphatic rings. The van der Waals surface area contributed by atoms with Gasteiger partial charge in [0.2, 0.25) is 0 Å². The van der Waals surface area contributed by atoms with Gasteiger partial charge in [0.1, 0.15) is 0 Å². The Morgan fingerprint density at radius 2 is 1.87 bits per heavy atom. The van der Waals surface area contributed by atoms with Crippen molar-refractivity contribution in [3.63, 3.8) is 0 Å². The van der Waals surface area contributed by atoms with Gasteiger partial charge in [0, 0.05) is 12.0 Å². The molecule has 0 saturated carbocycles. The number of nitrogens with zero attached hydrogens (tertiary/aromatic N) is 2. The summed E-state index contributed by atoms with van der Waals surface area (Å²) in [4.78, 5) is 20.9. The summed E-state index contributed by atoms with van der Waals surface area (Å²) in [6.45, 7) is 8.16. The molecule has 1 unspecified atom stereocenters. The number of rotatable bonds is 6. The van der Waals surface area contributed by atoms with E-state index in [-0.39, 0.29) is 18.6 Å². The molecule has 0 fully saturated rings. The van der Waals surface area contributed by atoms with Crippen molar-refractivity contribution in [2.45, 2.75) is 19.1 Å². The minimum absolute atomic E-state index is 0.00117. The number of allylic oxidation sites excluding steroid dienone is 4. The maximum absolute atomic E-state index is 13.5. The van der Waals surface area contributed by atoms with Gasteiger partial charge in [-0.1, -0.05) is 79.0 Å². The summed E-state index contributed by atoms with van der Waals surface area (Å²) in [6.07, 6.45) is 7.57. The number of benzene rings is 2. The highest BCUT2D eigenvalue weighted by molar-refractivity contribution is 6.02. The minimum atomic E-state index is -0.284. The number of oxime groups is 1. The molecule has 0 bridgehead atoms. The quantitative estimate of drug-likeness (QED) is 0.762. The third-order valence-corrected chi connectivity index (χ3v) is 5.47. The zero-order valence-electron chi connectivity index (χ0n) is 17.2. The second-order valence-corrected chi connectivity index (χ2v) is 7.41. The lowest BCUT2D eigenvalue weighted by molar-refractivity contribution is 0.0504. The molecule has 1 amide bonds. The van der Waals surface area contributed by atoms with Gasteiger partial charge in [0.15, 0.2) is 6.10 Å². The van der Waals surface area contributed by atoms with Crippen molar-refractivity contribution < 1.29 is 14.7 Å².